The number of hydrogen-bond donors (Lipinski definition) is 1. The van der Waals surface area contributed by atoms with Crippen molar-refractivity contribution in [3.63, 3.8) is 0 Å². The van der Waals surface area contributed by atoms with Crippen LogP contribution in [-0.4, -0.2) is 35.3 Å². The first-order valence-corrected chi connectivity index (χ1v) is 9.12. The van der Waals surface area contributed by atoms with E-state index in [9.17, 15) is 4.79 Å². The Balaban J connectivity index is 1.71. The molecule has 0 unspecified atom stereocenters. The molecule has 3 rings (SSSR count). The van der Waals surface area contributed by atoms with Crippen molar-refractivity contribution < 1.29 is 14.3 Å². The van der Waals surface area contributed by atoms with Crippen LogP contribution in [0.1, 0.15) is 29.9 Å². The molecule has 1 heterocycles. The van der Waals surface area contributed by atoms with Crippen molar-refractivity contribution >= 4 is 12.1 Å². The molecular weight excluding hydrogens is 368 g/mol. The summed E-state index contributed by atoms with van der Waals surface area (Å²) >= 11 is 0. The minimum Gasteiger partial charge on any atom is -0.497 e. The maximum absolute atomic E-state index is 12.4. The Morgan fingerprint density at radius 2 is 1.86 bits per heavy atom. The van der Waals surface area contributed by atoms with Gasteiger partial charge in [-0.15, -0.1) is 0 Å². The SMILES string of the molecule is COc1ccc(-c2cncc(C(=O)NN=Cc3ccccc3OC(C)C)n2)cc1. The van der Waals surface area contributed by atoms with Crippen molar-refractivity contribution in [3.05, 3.63) is 72.2 Å². The van der Waals surface area contributed by atoms with Crippen LogP contribution in [0.4, 0.5) is 0 Å². The fraction of sp³-hybridized carbons (Fsp3) is 0.182. The summed E-state index contributed by atoms with van der Waals surface area (Å²) in [7, 11) is 1.60. The second kappa shape index (κ2) is 9.45. The summed E-state index contributed by atoms with van der Waals surface area (Å²) in [5.41, 5.74) is 4.82. The molecule has 1 amide bonds. The van der Waals surface area contributed by atoms with E-state index in [1.807, 2.05) is 62.4 Å². The van der Waals surface area contributed by atoms with Crippen LogP contribution in [0.25, 0.3) is 11.3 Å². The normalized spacial score (nSPS) is 10.9. The number of amides is 1. The maximum atomic E-state index is 12.4. The number of aromatic nitrogens is 2. The predicted molar refractivity (Wildman–Crippen MR) is 111 cm³/mol. The molecule has 0 saturated heterocycles. The molecule has 7 nitrogen and oxygen atoms in total. The highest BCUT2D eigenvalue weighted by atomic mass is 16.5. The van der Waals surface area contributed by atoms with Gasteiger partial charge in [-0.3, -0.25) is 9.78 Å². The molecule has 0 bridgehead atoms. The third kappa shape index (κ3) is 5.38. The van der Waals surface area contributed by atoms with E-state index in [1.54, 1.807) is 13.3 Å². The molecule has 7 heteroatoms. The number of hydrogen-bond acceptors (Lipinski definition) is 6. The zero-order valence-corrected chi connectivity index (χ0v) is 16.5. The van der Waals surface area contributed by atoms with Gasteiger partial charge in [0.25, 0.3) is 5.91 Å². The van der Waals surface area contributed by atoms with Crippen LogP contribution in [0.2, 0.25) is 0 Å². The van der Waals surface area contributed by atoms with E-state index in [1.165, 1.54) is 12.4 Å². The van der Waals surface area contributed by atoms with Gasteiger partial charge >= 0.3 is 0 Å². The number of rotatable bonds is 7. The van der Waals surface area contributed by atoms with Crippen molar-refractivity contribution in [1.29, 1.82) is 0 Å². The Bertz CT molecular complexity index is 1000. The number of carbonyl (C=O) groups excluding carboxylic acids is 1. The second-order valence-electron chi connectivity index (χ2n) is 6.42. The van der Waals surface area contributed by atoms with E-state index in [4.69, 9.17) is 9.47 Å². The monoisotopic (exact) mass is 390 g/mol. The molecular formula is C22H22N4O3. The average Bonchev–Trinajstić information content (AvgIpc) is 2.74. The molecule has 3 aromatic rings. The average molecular weight is 390 g/mol. The van der Waals surface area contributed by atoms with E-state index in [0.29, 0.717) is 11.4 Å². The Hall–Kier alpha value is -3.74. The highest BCUT2D eigenvalue weighted by Crippen LogP contribution is 2.20. The van der Waals surface area contributed by atoms with Crippen LogP contribution in [-0.2, 0) is 0 Å². The van der Waals surface area contributed by atoms with Crippen molar-refractivity contribution in [2.45, 2.75) is 20.0 Å². The molecule has 0 atom stereocenters. The van der Waals surface area contributed by atoms with E-state index in [-0.39, 0.29) is 11.8 Å². The first-order chi connectivity index (χ1) is 14.1. The lowest BCUT2D eigenvalue weighted by atomic mass is 10.1. The number of carbonyl (C=O) groups is 1. The van der Waals surface area contributed by atoms with Crippen molar-refractivity contribution in [3.8, 4) is 22.8 Å². The summed E-state index contributed by atoms with van der Waals surface area (Å²) in [4.78, 5) is 20.9. The van der Waals surface area contributed by atoms with Crippen LogP contribution in [0, 0.1) is 0 Å². The van der Waals surface area contributed by atoms with E-state index >= 15 is 0 Å². The fourth-order valence-corrected chi connectivity index (χ4v) is 2.54. The van der Waals surface area contributed by atoms with Gasteiger partial charge in [0, 0.05) is 11.1 Å². The Morgan fingerprint density at radius 3 is 2.59 bits per heavy atom. The standard InChI is InChI=1S/C22H22N4O3/c1-15(2)29-21-7-5-4-6-17(21)12-24-26-22(27)20-14-23-13-19(25-20)16-8-10-18(28-3)11-9-16/h4-15H,1-3H3,(H,26,27). The molecule has 0 aliphatic carbocycles. The van der Waals surface area contributed by atoms with Crippen LogP contribution >= 0.6 is 0 Å². The van der Waals surface area contributed by atoms with Gasteiger partial charge in [0.15, 0.2) is 0 Å². The largest absolute Gasteiger partial charge is 0.497 e. The predicted octanol–water partition coefficient (Wildman–Crippen LogP) is 3.70. The van der Waals surface area contributed by atoms with Gasteiger partial charge in [0.1, 0.15) is 17.2 Å². The first-order valence-electron chi connectivity index (χ1n) is 9.12. The molecule has 2 aromatic carbocycles. The Labute approximate surface area is 169 Å². The Morgan fingerprint density at radius 1 is 1.10 bits per heavy atom. The molecule has 0 spiro atoms. The number of benzene rings is 2. The number of para-hydroxylation sites is 1. The molecule has 1 aromatic heterocycles. The zero-order valence-electron chi connectivity index (χ0n) is 16.5. The number of ether oxygens (including phenoxy) is 2. The summed E-state index contributed by atoms with van der Waals surface area (Å²) in [6, 6.07) is 14.8. The highest BCUT2D eigenvalue weighted by Gasteiger charge is 2.10. The molecule has 1 N–H and O–H groups in total. The molecule has 148 valence electrons. The number of nitrogens with one attached hydrogen (secondary N) is 1. The summed E-state index contributed by atoms with van der Waals surface area (Å²) < 4.78 is 10.9. The third-order valence-electron chi connectivity index (χ3n) is 3.90. The van der Waals surface area contributed by atoms with Gasteiger partial charge in [-0.05, 0) is 50.2 Å². The molecule has 0 aliphatic rings. The lowest BCUT2D eigenvalue weighted by molar-refractivity contribution is 0.0950. The van der Waals surface area contributed by atoms with Gasteiger partial charge in [-0.25, -0.2) is 10.4 Å². The van der Waals surface area contributed by atoms with Gasteiger partial charge < -0.3 is 9.47 Å². The maximum Gasteiger partial charge on any atom is 0.291 e. The van der Waals surface area contributed by atoms with E-state index < -0.39 is 5.91 Å². The van der Waals surface area contributed by atoms with Gasteiger partial charge in [0.2, 0.25) is 0 Å². The lowest BCUT2D eigenvalue weighted by Gasteiger charge is -2.11. The lowest BCUT2D eigenvalue weighted by Crippen LogP contribution is -2.19. The second-order valence-corrected chi connectivity index (χ2v) is 6.42. The fourth-order valence-electron chi connectivity index (χ4n) is 2.54. The van der Waals surface area contributed by atoms with Crippen molar-refractivity contribution in [2.24, 2.45) is 5.10 Å². The summed E-state index contributed by atoms with van der Waals surface area (Å²) in [6.45, 7) is 3.90. The first kappa shape index (κ1) is 20.0. The van der Waals surface area contributed by atoms with Crippen molar-refractivity contribution in [1.82, 2.24) is 15.4 Å². The third-order valence-corrected chi connectivity index (χ3v) is 3.90. The number of hydrazone groups is 1. The molecule has 0 radical (unpaired) electrons. The van der Waals surface area contributed by atoms with Gasteiger partial charge in [0.05, 0.1) is 37.5 Å². The smallest absolute Gasteiger partial charge is 0.291 e. The van der Waals surface area contributed by atoms with E-state index in [2.05, 4.69) is 20.5 Å². The zero-order chi connectivity index (χ0) is 20.6. The number of methoxy groups -OCH3 is 1. The van der Waals surface area contributed by atoms with Crippen LogP contribution < -0.4 is 14.9 Å². The minimum atomic E-state index is -0.452. The van der Waals surface area contributed by atoms with Crippen LogP contribution in [0.5, 0.6) is 11.5 Å². The topological polar surface area (TPSA) is 85.7 Å². The van der Waals surface area contributed by atoms with Crippen LogP contribution in [0.15, 0.2) is 66.0 Å². The summed E-state index contributed by atoms with van der Waals surface area (Å²) in [5, 5.41) is 4.02. The molecule has 0 saturated carbocycles. The Kier molecular flexibility index (Phi) is 6.52. The summed E-state index contributed by atoms with van der Waals surface area (Å²) in [5.74, 6) is 0.986. The van der Waals surface area contributed by atoms with Gasteiger partial charge in [-0.1, -0.05) is 12.1 Å². The highest BCUT2D eigenvalue weighted by molar-refractivity contribution is 5.93. The molecule has 0 fully saturated rings. The minimum absolute atomic E-state index is 0.0371. The molecule has 29 heavy (non-hydrogen) atoms. The van der Waals surface area contributed by atoms with Crippen LogP contribution in [0.3, 0.4) is 0 Å². The van der Waals surface area contributed by atoms with Gasteiger partial charge in [-0.2, -0.15) is 5.10 Å². The molecule has 0 aliphatic heterocycles. The summed E-state index contributed by atoms with van der Waals surface area (Å²) in [6.07, 6.45) is 4.57. The number of nitrogens with zero attached hydrogens (tertiary/aromatic N) is 3. The van der Waals surface area contributed by atoms with Crippen molar-refractivity contribution in [2.75, 3.05) is 7.11 Å². The van der Waals surface area contributed by atoms with E-state index in [0.717, 1.165) is 16.9 Å². The quantitative estimate of drug-likeness (QED) is 0.491.